The summed E-state index contributed by atoms with van der Waals surface area (Å²) in [5, 5.41) is 13.4. The number of nitrogen functional groups attached to an aromatic ring is 1. The van der Waals surface area contributed by atoms with Crippen molar-refractivity contribution in [2.24, 2.45) is 5.92 Å². The summed E-state index contributed by atoms with van der Waals surface area (Å²) in [5.74, 6) is 0.536. The molecule has 0 radical (unpaired) electrons. The van der Waals surface area contributed by atoms with Crippen molar-refractivity contribution in [2.75, 3.05) is 17.6 Å². The highest BCUT2D eigenvalue weighted by atomic mass is 35.5. The summed E-state index contributed by atoms with van der Waals surface area (Å²) in [6.45, 7) is 0.849. The van der Waals surface area contributed by atoms with Gasteiger partial charge in [0.15, 0.2) is 0 Å². The van der Waals surface area contributed by atoms with Gasteiger partial charge in [-0.2, -0.15) is 0 Å². The van der Waals surface area contributed by atoms with Gasteiger partial charge in [0.2, 0.25) is 0 Å². The molecule has 2 rings (SSSR count). The number of aliphatic hydroxyl groups excluding tert-OH is 1. The van der Waals surface area contributed by atoms with Gasteiger partial charge in [0, 0.05) is 11.6 Å². The zero-order valence-electron chi connectivity index (χ0n) is 9.12. The Labute approximate surface area is 101 Å². The van der Waals surface area contributed by atoms with Gasteiger partial charge in [-0.05, 0) is 43.4 Å². The van der Waals surface area contributed by atoms with Gasteiger partial charge in [-0.3, -0.25) is 0 Å². The van der Waals surface area contributed by atoms with Crippen LogP contribution in [0.25, 0.3) is 0 Å². The number of nitrogens with two attached hydrogens (primary N) is 1. The molecule has 1 saturated carbocycles. The van der Waals surface area contributed by atoms with Crippen molar-refractivity contribution in [3.63, 3.8) is 0 Å². The summed E-state index contributed by atoms with van der Waals surface area (Å²) in [5.41, 5.74) is 7.43. The number of halogens is 1. The van der Waals surface area contributed by atoms with Gasteiger partial charge in [-0.25, -0.2) is 0 Å². The fourth-order valence-electron chi connectivity index (χ4n) is 2.17. The largest absolute Gasteiger partial charge is 0.397 e. The van der Waals surface area contributed by atoms with Crippen LogP contribution < -0.4 is 11.1 Å². The number of benzene rings is 1. The minimum absolute atomic E-state index is 0.122. The Bertz CT molecular complexity index is 370. The van der Waals surface area contributed by atoms with Gasteiger partial charge in [-0.1, -0.05) is 11.6 Å². The lowest BCUT2D eigenvalue weighted by molar-refractivity contribution is 0.178. The monoisotopic (exact) mass is 240 g/mol. The Kier molecular flexibility index (Phi) is 3.56. The zero-order valence-corrected chi connectivity index (χ0v) is 9.87. The maximum absolute atomic E-state index is 9.42. The number of rotatable bonds is 3. The molecule has 4 heteroatoms. The lowest BCUT2D eigenvalue weighted by atomic mass is 10.1. The normalized spacial score (nSPS) is 24.6. The Hall–Kier alpha value is -0.930. The van der Waals surface area contributed by atoms with Crippen LogP contribution in [0.5, 0.6) is 0 Å². The van der Waals surface area contributed by atoms with E-state index < -0.39 is 0 Å². The smallest absolute Gasteiger partial charge is 0.0588 e. The van der Waals surface area contributed by atoms with Crippen molar-refractivity contribution in [1.29, 1.82) is 0 Å². The highest BCUT2D eigenvalue weighted by molar-refractivity contribution is 6.31. The molecule has 0 aromatic heterocycles. The fraction of sp³-hybridized carbons (Fsp3) is 0.500. The van der Waals surface area contributed by atoms with Crippen molar-refractivity contribution < 1.29 is 5.11 Å². The molecule has 1 aliphatic carbocycles. The van der Waals surface area contributed by atoms with E-state index in [0.29, 0.717) is 16.6 Å². The van der Waals surface area contributed by atoms with Crippen LogP contribution in [0.2, 0.25) is 5.02 Å². The molecule has 0 saturated heterocycles. The SMILES string of the molecule is Nc1ccc(Cl)cc1NCC1CCC(O)C1. The zero-order chi connectivity index (χ0) is 11.5. The molecule has 4 N–H and O–H groups in total. The molecule has 88 valence electrons. The molecule has 2 atom stereocenters. The molecule has 0 aliphatic heterocycles. The van der Waals surface area contributed by atoms with E-state index in [4.69, 9.17) is 17.3 Å². The van der Waals surface area contributed by atoms with Crippen LogP contribution >= 0.6 is 11.6 Å². The van der Waals surface area contributed by atoms with Crippen molar-refractivity contribution in [2.45, 2.75) is 25.4 Å². The number of anilines is 2. The van der Waals surface area contributed by atoms with Crippen LogP contribution in [-0.2, 0) is 0 Å². The molecular weight excluding hydrogens is 224 g/mol. The van der Waals surface area contributed by atoms with Crippen LogP contribution in [0.4, 0.5) is 11.4 Å². The van der Waals surface area contributed by atoms with E-state index in [1.807, 2.05) is 6.07 Å². The second kappa shape index (κ2) is 4.93. The molecular formula is C12H17ClN2O. The van der Waals surface area contributed by atoms with Crippen LogP contribution in [-0.4, -0.2) is 17.8 Å². The first kappa shape index (κ1) is 11.6. The van der Waals surface area contributed by atoms with Gasteiger partial charge < -0.3 is 16.2 Å². The molecule has 0 spiro atoms. The van der Waals surface area contributed by atoms with Crippen molar-refractivity contribution in [3.8, 4) is 0 Å². The van der Waals surface area contributed by atoms with Gasteiger partial charge in [0.25, 0.3) is 0 Å². The van der Waals surface area contributed by atoms with Gasteiger partial charge in [0.1, 0.15) is 0 Å². The molecule has 1 aromatic carbocycles. The number of hydrogen-bond acceptors (Lipinski definition) is 3. The standard InChI is InChI=1S/C12H17ClN2O/c13-9-2-4-11(14)12(6-9)15-7-8-1-3-10(16)5-8/h2,4,6,8,10,15-16H,1,3,5,7,14H2. The molecule has 0 amide bonds. The van der Waals surface area contributed by atoms with E-state index in [1.54, 1.807) is 12.1 Å². The van der Waals surface area contributed by atoms with E-state index in [0.717, 1.165) is 31.5 Å². The molecule has 1 aliphatic rings. The topological polar surface area (TPSA) is 58.3 Å². The second-order valence-corrected chi connectivity index (χ2v) is 4.88. The summed E-state index contributed by atoms with van der Waals surface area (Å²) >= 11 is 5.90. The highest BCUT2D eigenvalue weighted by Gasteiger charge is 2.22. The lowest BCUT2D eigenvalue weighted by Crippen LogP contribution is -2.13. The second-order valence-electron chi connectivity index (χ2n) is 4.45. The minimum atomic E-state index is -0.122. The van der Waals surface area contributed by atoms with Crippen LogP contribution in [0.15, 0.2) is 18.2 Å². The molecule has 3 nitrogen and oxygen atoms in total. The van der Waals surface area contributed by atoms with Crippen molar-refractivity contribution in [3.05, 3.63) is 23.2 Å². The average molecular weight is 241 g/mol. The third-order valence-corrected chi connectivity index (χ3v) is 3.35. The van der Waals surface area contributed by atoms with Crippen LogP contribution in [0, 0.1) is 5.92 Å². The summed E-state index contributed by atoms with van der Waals surface area (Å²) in [7, 11) is 0. The summed E-state index contributed by atoms with van der Waals surface area (Å²) in [4.78, 5) is 0. The van der Waals surface area contributed by atoms with E-state index >= 15 is 0 Å². The first-order valence-electron chi connectivity index (χ1n) is 5.62. The summed E-state index contributed by atoms with van der Waals surface area (Å²) in [6.07, 6.45) is 2.75. The molecule has 1 fully saturated rings. The summed E-state index contributed by atoms with van der Waals surface area (Å²) in [6, 6.07) is 5.41. The van der Waals surface area contributed by atoms with Crippen molar-refractivity contribution in [1.82, 2.24) is 0 Å². The van der Waals surface area contributed by atoms with Gasteiger partial charge in [0.05, 0.1) is 17.5 Å². The Morgan fingerprint density at radius 1 is 1.44 bits per heavy atom. The lowest BCUT2D eigenvalue weighted by Gasteiger charge is -2.13. The fourth-order valence-corrected chi connectivity index (χ4v) is 2.34. The first-order chi connectivity index (χ1) is 7.65. The first-order valence-corrected chi connectivity index (χ1v) is 6.00. The predicted octanol–water partition coefficient (Wildman–Crippen LogP) is 2.50. The predicted molar refractivity (Wildman–Crippen MR) is 67.7 cm³/mol. The number of aliphatic hydroxyl groups is 1. The van der Waals surface area contributed by atoms with E-state index in [9.17, 15) is 5.11 Å². The Balaban J connectivity index is 1.91. The Morgan fingerprint density at radius 2 is 2.25 bits per heavy atom. The maximum Gasteiger partial charge on any atom is 0.0588 e. The Morgan fingerprint density at radius 3 is 2.94 bits per heavy atom. The number of nitrogens with one attached hydrogen (secondary N) is 1. The van der Waals surface area contributed by atoms with Gasteiger partial charge in [-0.15, -0.1) is 0 Å². The molecule has 2 unspecified atom stereocenters. The third-order valence-electron chi connectivity index (χ3n) is 3.11. The van der Waals surface area contributed by atoms with Crippen LogP contribution in [0.1, 0.15) is 19.3 Å². The van der Waals surface area contributed by atoms with Gasteiger partial charge >= 0.3 is 0 Å². The van der Waals surface area contributed by atoms with Crippen LogP contribution in [0.3, 0.4) is 0 Å². The third kappa shape index (κ3) is 2.80. The summed E-state index contributed by atoms with van der Waals surface area (Å²) < 4.78 is 0. The van der Waals surface area contributed by atoms with Crippen molar-refractivity contribution >= 4 is 23.0 Å². The van der Waals surface area contributed by atoms with E-state index in [1.165, 1.54) is 0 Å². The van der Waals surface area contributed by atoms with E-state index in [2.05, 4.69) is 5.32 Å². The molecule has 0 bridgehead atoms. The molecule has 1 aromatic rings. The minimum Gasteiger partial charge on any atom is -0.397 e. The quantitative estimate of drug-likeness (QED) is 0.712. The highest BCUT2D eigenvalue weighted by Crippen LogP contribution is 2.28. The maximum atomic E-state index is 9.42. The molecule has 16 heavy (non-hydrogen) atoms. The number of hydrogen-bond donors (Lipinski definition) is 3. The van der Waals surface area contributed by atoms with E-state index in [-0.39, 0.29) is 6.10 Å². The molecule has 0 heterocycles. The average Bonchev–Trinajstić information content (AvgIpc) is 2.66.